The Kier molecular flexibility index (Phi) is 2.54. The summed E-state index contributed by atoms with van der Waals surface area (Å²) in [4.78, 5) is 31.1. The maximum Gasteiger partial charge on any atom is 0.331 e. The molecule has 0 bridgehead atoms. The van der Waals surface area contributed by atoms with Gasteiger partial charge in [0.2, 0.25) is 5.91 Å². The summed E-state index contributed by atoms with van der Waals surface area (Å²) in [5.41, 5.74) is 2.92. The highest BCUT2D eigenvalue weighted by atomic mass is 16.2. The standard InChI is InChI=1S/C16H14N4O2/c1-3-12-8-19-7-11(10-4-5-10)6-13(15(19)17-12)20-9-14(21)18(2)16(20)22/h1,6-8,10H,4-5,9H2,2H3. The van der Waals surface area contributed by atoms with Crippen molar-refractivity contribution in [2.45, 2.75) is 18.8 Å². The molecule has 0 atom stereocenters. The number of anilines is 1. The van der Waals surface area contributed by atoms with Gasteiger partial charge in [-0.1, -0.05) is 0 Å². The van der Waals surface area contributed by atoms with Crippen LogP contribution in [0.2, 0.25) is 0 Å². The lowest BCUT2D eigenvalue weighted by Crippen LogP contribution is -2.30. The van der Waals surface area contributed by atoms with Crippen LogP contribution in [0.3, 0.4) is 0 Å². The number of hydrogen-bond donors (Lipinski definition) is 0. The van der Waals surface area contributed by atoms with Gasteiger partial charge in [-0.05, 0) is 36.3 Å². The van der Waals surface area contributed by atoms with Crippen LogP contribution in [0.4, 0.5) is 10.5 Å². The summed E-state index contributed by atoms with van der Waals surface area (Å²) < 4.78 is 1.86. The lowest BCUT2D eigenvalue weighted by Gasteiger charge is -2.17. The van der Waals surface area contributed by atoms with Crippen LogP contribution in [0.15, 0.2) is 18.5 Å². The molecule has 1 aliphatic heterocycles. The summed E-state index contributed by atoms with van der Waals surface area (Å²) in [6.07, 6.45) is 11.5. The van der Waals surface area contributed by atoms with Crippen LogP contribution in [-0.4, -0.2) is 39.8 Å². The molecule has 6 heteroatoms. The average Bonchev–Trinajstić information content (AvgIpc) is 3.23. The number of terminal acetylenes is 1. The highest BCUT2D eigenvalue weighted by Crippen LogP contribution is 2.42. The number of amides is 3. The Labute approximate surface area is 127 Å². The Hall–Kier alpha value is -2.81. The zero-order chi connectivity index (χ0) is 15.4. The van der Waals surface area contributed by atoms with Crippen LogP contribution in [-0.2, 0) is 4.79 Å². The second kappa shape index (κ2) is 4.34. The number of fused-ring (bicyclic) bond motifs is 1. The number of likely N-dealkylation sites (N-methyl/N-ethyl adjacent to an activating group) is 1. The molecule has 1 saturated carbocycles. The van der Waals surface area contributed by atoms with E-state index in [1.165, 1.54) is 11.9 Å². The largest absolute Gasteiger partial charge is 0.331 e. The lowest BCUT2D eigenvalue weighted by molar-refractivity contribution is -0.123. The van der Waals surface area contributed by atoms with Crippen LogP contribution in [0.5, 0.6) is 0 Å². The molecule has 6 nitrogen and oxygen atoms in total. The molecular formula is C16H14N4O2. The molecule has 0 aromatic carbocycles. The summed E-state index contributed by atoms with van der Waals surface area (Å²) in [5.74, 6) is 2.82. The summed E-state index contributed by atoms with van der Waals surface area (Å²) in [5, 5.41) is 0. The Bertz CT molecular complexity index is 857. The van der Waals surface area contributed by atoms with Crippen molar-refractivity contribution >= 4 is 23.3 Å². The number of imidazole rings is 1. The summed E-state index contributed by atoms with van der Waals surface area (Å²) in [7, 11) is 1.49. The average molecular weight is 294 g/mol. The first kappa shape index (κ1) is 12.9. The molecule has 0 N–H and O–H groups in total. The monoisotopic (exact) mass is 294 g/mol. The van der Waals surface area contributed by atoms with E-state index in [4.69, 9.17) is 6.42 Å². The molecule has 4 rings (SSSR count). The van der Waals surface area contributed by atoms with Gasteiger partial charge >= 0.3 is 6.03 Å². The second-order valence-corrected chi connectivity index (χ2v) is 5.76. The van der Waals surface area contributed by atoms with Crippen molar-refractivity contribution < 1.29 is 9.59 Å². The van der Waals surface area contributed by atoms with Gasteiger partial charge in [-0.15, -0.1) is 6.42 Å². The van der Waals surface area contributed by atoms with Gasteiger partial charge in [-0.2, -0.15) is 0 Å². The molecule has 1 saturated heterocycles. The summed E-state index contributed by atoms with van der Waals surface area (Å²) in [6, 6.07) is 1.63. The van der Waals surface area contributed by atoms with Crippen LogP contribution >= 0.6 is 0 Å². The SMILES string of the molecule is C#Cc1cn2cc(C3CC3)cc(N3CC(=O)N(C)C3=O)c2n1. The van der Waals surface area contributed by atoms with Crippen LogP contribution in [0.1, 0.15) is 30.0 Å². The van der Waals surface area contributed by atoms with Gasteiger partial charge in [0.05, 0.1) is 5.69 Å². The number of imide groups is 1. The predicted octanol–water partition coefficient (Wildman–Crippen LogP) is 1.59. The van der Waals surface area contributed by atoms with Crippen LogP contribution in [0, 0.1) is 12.3 Å². The highest BCUT2D eigenvalue weighted by Gasteiger charge is 2.36. The van der Waals surface area contributed by atoms with E-state index in [-0.39, 0.29) is 18.5 Å². The van der Waals surface area contributed by atoms with Crippen molar-refractivity contribution in [2.75, 3.05) is 18.5 Å². The lowest BCUT2D eigenvalue weighted by atomic mass is 10.1. The zero-order valence-corrected chi connectivity index (χ0v) is 12.1. The van der Waals surface area contributed by atoms with Gasteiger partial charge in [0.1, 0.15) is 12.2 Å². The maximum absolute atomic E-state index is 12.3. The fraction of sp³-hybridized carbons (Fsp3) is 0.312. The molecule has 1 aliphatic carbocycles. The minimum Gasteiger partial charge on any atom is -0.304 e. The third-order valence-corrected chi connectivity index (χ3v) is 4.23. The van der Waals surface area contributed by atoms with Gasteiger partial charge < -0.3 is 4.40 Å². The van der Waals surface area contributed by atoms with Crippen molar-refractivity contribution in [1.82, 2.24) is 14.3 Å². The maximum atomic E-state index is 12.3. The molecule has 0 spiro atoms. The predicted molar refractivity (Wildman–Crippen MR) is 80.6 cm³/mol. The minimum atomic E-state index is -0.329. The van der Waals surface area contributed by atoms with Crippen LogP contribution in [0.25, 0.3) is 5.65 Å². The van der Waals surface area contributed by atoms with Crippen molar-refractivity contribution in [3.8, 4) is 12.3 Å². The van der Waals surface area contributed by atoms with E-state index >= 15 is 0 Å². The molecule has 2 aromatic rings. The van der Waals surface area contributed by atoms with E-state index in [1.807, 2.05) is 16.7 Å². The van der Waals surface area contributed by atoms with Gasteiger partial charge in [-0.25, -0.2) is 9.78 Å². The van der Waals surface area contributed by atoms with E-state index < -0.39 is 0 Å². The Morgan fingerprint density at radius 2 is 2.09 bits per heavy atom. The molecule has 2 fully saturated rings. The third kappa shape index (κ3) is 1.79. The first-order valence-corrected chi connectivity index (χ1v) is 7.16. The van der Waals surface area contributed by atoms with E-state index in [1.54, 1.807) is 6.20 Å². The fourth-order valence-corrected chi connectivity index (χ4v) is 2.79. The van der Waals surface area contributed by atoms with Crippen molar-refractivity contribution in [1.29, 1.82) is 0 Å². The Morgan fingerprint density at radius 1 is 1.32 bits per heavy atom. The molecule has 2 aliphatic rings. The van der Waals surface area contributed by atoms with Crippen LogP contribution < -0.4 is 4.90 Å². The van der Waals surface area contributed by atoms with E-state index in [2.05, 4.69) is 10.9 Å². The number of urea groups is 1. The zero-order valence-electron chi connectivity index (χ0n) is 12.1. The number of carbonyl (C=O) groups is 2. The number of pyridine rings is 1. The number of nitrogens with zero attached hydrogens (tertiary/aromatic N) is 4. The third-order valence-electron chi connectivity index (χ3n) is 4.23. The molecule has 22 heavy (non-hydrogen) atoms. The van der Waals surface area contributed by atoms with Crippen molar-refractivity contribution in [3.05, 3.63) is 29.7 Å². The summed E-state index contributed by atoms with van der Waals surface area (Å²) in [6.45, 7) is 0.0390. The summed E-state index contributed by atoms with van der Waals surface area (Å²) >= 11 is 0. The van der Waals surface area contributed by atoms with E-state index in [0.717, 1.165) is 23.3 Å². The molecule has 3 amide bonds. The Morgan fingerprint density at radius 3 is 2.68 bits per heavy atom. The second-order valence-electron chi connectivity index (χ2n) is 5.76. The Balaban J connectivity index is 1.91. The number of carbonyl (C=O) groups excluding carboxylic acids is 2. The van der Waals surface area contributed by atoms with Gasteiger partial charge in [0.25, 0.3) is 0 Å². The van der Waals surface area contributed by atoms with E-state index in [9.17, 15) is 9.59 Å². The van der Waals surface area contributed by atoms with Gasteiger partial charge in [0.15, 0.2) is 5.65 Å². The molecular weight excluding hydrogens is 280 g/mol. The van der Waals surface area contributed by atoms with Crippen molar-refractivity contribution in [2.24, 2.45) is 0 Å². The molecule has 2 aromatic heterocycles. The quantitative estimate of drug-likeness (QED) is 0.624. The first-order valence-electron chi connectivity index (χ1n) is 7.16. The first-order chi connectivity index (χ1) is 10.6. The molecule has 3 heterocycles. The topological polar surface area (TPSA) is 57.9 Å². The molecule has 0 radical (unpaired) electrons. The normalized spacial score (nSPS) is 18.4. The molecule has 0 unspecified atom stereocenters. The number of aromatic nitrogens is 2. The fourth-order valence-electron chi connectivity index (χ4n) is 2.79. The highest BCUT2D eigenvalue weighted by molar-refractivity contribution is 6.13. The number of rotatable bonds is 2. The van der Waals surface area contributed by atoms with Crippen molar-refractivity contribution in [3.63, 3.8) is 0 Å². The van der Waals surface area contributed by atoms with E-state index in [0.29, 0.717) is 22.9 Å². The van der Waals surface area contributed by atoms with Gasteiger partial charge in [0, 0.05) is 19.4 Å². The smallest absolute Gasteiger partial charge is 0.304 e. The minimum absolute atomic E-state index is 0.0390. The van der Waals surface area contributed by atoms with Gasteiger partial charge in [-0.3, -0.25) is 14.6 Å². The number of hydrogen-bond acceptors (Lipinski definition) is 3. The molecule has 110 valence electrons.